The molecule has 0 spiro atoms. The molecule has 0 bridgehead atoms. The van der Waals surface area contributed by atoms with Gasteiger partial charge in [-0.1, -0.05) is 138 Å². The average molecular weight is 1010 g/mol. The van der Waals surface area contributed by atoms with Gasteiger partial charge in [0.2, 0.25) is 0 Å². The molecular weight excluding hydrogens is 917 g/mol. The van der Waals surface area contributed by atoms with E-state index in [2.05, 4.69) is 48.5 Å². The Hall–Kier alpha value is -4.59. The van der Waals surface area contributed by atoms with Crippen molar-refractivity contribution in [3.8, 4) is 33.8 Å². The average Bonchev–Trinajstić information content (AvgIpc) is 3.44. The summed E-state index contributed by atoms with van der Waals surface area (Å²) in [6.45, 7) is 5.82. The number of ether oxygens (including phenoxy) is 4. The molecule has 0 aromatic heterocycles. The molecule has 7 nitrogen and oxygen atoms in total. The summed E-state index contributed by atoms with van der Waals surface area (Å²) in [5, 5.41) is 0. The van der Waals surface area contributed by atoms with E-state index in [0.717, 1.165) is 100 Å². The topological polar surface area (TPSA) is 88.1 Å². The van der Waals surface area contributed by atoms with E-state index in [9.17, 15) is 14.4 Å². The van der Waals surface area contributed by atoms with E-state index < -0.39 is 0 Å². The van der Waals surface area contributed by atoms with Crippen molar-refractivity contribution < 1.29 is 33.3 Å². The van der Waals surface area contributed by atoms with Crippen LogP contribution in [0.2, 0.25) is 0 Å². The largest absolute Gasteiger partial charge is 0.427 e. The van der Waals surface area contributed by atoms with Crippen molar-refractivity contribution in [2.45, 2.75) is 218 Å². The first-order valence-electron chi connectivity index (χ1n) is 29.8. The predicted molar refractivity (Wildman–Crippen MR) is 300 cm³/mol. The summed E-state index contributed by atoms with van der Waals surface area (Å²) in [6.07, 6.45) is 31.9. The van der Waals surface area contributed by atoms with Crippen LogP contribution in [0.1, 0.15) is 217 Å². The first kappa shape index (κ1) is 55.6. The van der Waals surface area contributed by atoms with Crippen LogP contribution in [-0.2, 0) is 23.9 Å². The molecule has 8 rings (SSSR count). The second-order valence-electron chi connectivity index (χ2n) is 23.2. The Morgan fingerprint density at radius 1 is 0.378 bits per heavy atom. The zero-order valence-electron chi connectivity index (χ0n) is 45.4. The summed E-state index contributed by atoms with van der Waals surface area (Å²) in [4.78, 5) is 36.4. The van der Waals surface area contributed by atoms with Gasteiger partial charge in [-0.25, -0.2) is 0 Å². The maximum Gasteiger partial charge on any atom is 0.311 e. The van der Waals surface area contributed by atoms with Gasteiger partial charge < -0.3 is 18.9 Å². The van der Waals surface area contributed by atoms with Crippen LogP contribution in [0.5, 0.6) is 11.5 Å². The van der Waals surface area contributed by atoms with Crippen LogP contribution in [0.4, 0.5) is 0 Å². The fourth-order valence-electron chi connectivity index (χ4n) is 12.8. The number of carbonyl (C=O) groups excluding carboxylic acids is 3. The summed E-state index contributed by atoms with van der Waals surface area (Å²) in [5.41, 5.74) is 7.50. The van der Waals surface area contributed by atoms with Crippen LogP contribution in [0, 0.1) is 23.7 Å². The smallest absolute Gasteiger partial charge is 0.311 e. The van der Waals surface area contributed by atoms with Crippen molar-refractivity contribution in [3.05, 3.63) is 108 Å². The van der Waals surface area contributed by atoms with E-state index in [1.165, 1.54) is 125 Å². The Bertz CT molecular complexity index is 2090. The molecule has 4 aliphatic rings. The quantitative estimate of drug-likeness (QED) is 0.0352. The second-order valence-corrected chi connectivity index (χ2v) is 23.2. The highest BCUT2D eigenvalue weighted by Gasteiger charge is 2.28. The van der Waals surface area contributed by atoms with E-state index in [4.69, 9.17) is 18.9 Å². The number of rotatable bonds is 26. The van der Waals surface area contributed by atoms with Crippen molar-refractivity contribution in [2.75, 3.05) is 13.2 Å². The molecular formula is C67H90O7. The van der Waals surface area contributed by atoms with Crippen LogP contribution in [0.15, 0.2) is 97.1 Å². The SMILES string of the molecule is CCCC(=O)Oc1ccc(-c2ccc([C@H]3CC[C@H](OCC4CCC(CCCCC(=O)CCCC[C@H]5CC[C@H](CO[C@H]6CC[C@H](c7ccc(-c8ccc(OC(=O)CCC)cc8)cc7)CC6)CC5)CC4)CC3)cc2)cc1. The van der Waals surface area contributed by atoms with Crippen LogP contribution in [0.3, 0.4) is 0 Å². The molecule has 4 saturated carbocycles. The molecule has 400 valence electrons. The van der Waals surface area contributed by atoms with Gasteiger partial charge in [-0.3, -0.25) is 14.4 Å². The lowest BCUT2D eigenvalue weighted by molar-refractivity contribution is -0.135. The van der Waals surface area contributed by atoms with Crippen LogP contribution in [-0.4, -0.2) is 43.1 Å². The first-order chi connectivity index (χ1) is 36.3. The molecule has 0 amide bonds. The van der Waals surface area contributed by atoms with Gasteiger partial charge in [0, 0.05) is 38.9 Å². The summed E-state index contributed by atoms with van der Waals surface area (Å²) in [5.74, 6) is 5.65. The third-order valence-electron chi connectivity index (χ3n) is 17.6. The van der Waals surface area contributed by atoms with Crippen molar-refractivity contribution in [1.29, 1.82) is 0 Å². The molecule has 0 N–H and O–H groups in total. The number of hydrogen-bond donors (Lipinski definition) is 0. The molecule has 7 heteroatoms. The van der Waals surface area contributed by atoms with Crippen molar-refractivity contribution in [2.24, 2.45) is 23.7 Å². The lowest BCUT2D eigenvalue weighted by Crippen LogP contribution is -2.25. The molecule has 74 heavy (non-hydrogen) atoms. The molecule has 0 unspecified atom stereocenters. The molecule has 4 aromatic rings. The van der Waals surface area contributed by atoms with Crippen molar-refractivity contribution in [1.82, 2.24) is 0 Å². The second kappa shape index (κ2) is 29.6. The van der Waals surface area contributed by atoms with E-state index in [1.54, 1.807) is 0 Å². The first-order valence-corrected chi connectivity index (χ1v) is 29.8. The molecule has 0 saturated heterocycles. The number of hydrogen-bond acceptors (Lipinski definition) is 7. The lowest BCUT2D eigenvalue weighted by atomic mass is 9.79. The van der Waals surface area contributed by atoms with Crippen LogP contribution < -0.4 is 9.47 Å². The van der Waals surface area contributed by atoms with Crippen molar-refractivity contribution in [3.63, 3.8) is 0 Å². The standard InChI is InChI=1S/C67H90O7/c1-3-9-66(69)73-64-43-35-59(36-44-64)55-27-23-53(24-28-55)57-31-39-62(40-32-57)71-47-51-19-15-49(16-20-51)11-5-7-13-61(68)14-8-6-12-50-17-21-52(22-18-50)48-72-63-41-33-58(34-42-63)54-25-29-56(30-26-54)60-37-45-65(46-38-60)74-67(70)10-4-2/h23-30,35-38,43-46,49-52,57-58,62-63H,3-22,31-34,39-42,47-48H2,1-2H3/t49-,50?,51-,52?,57-,58-,62-,63-. The van der Waals surface area contributed by atoms with Gasteiger partial charge in [0.25, 0.3) is 0 Å². The summed E-state index contributed by atoms with van der Waals surface area (Å²) in [6, 6.07) is 33.8. The molecule has 4 aliphatic carbocycles. The summed E-state index contributed by atoms with van der Waals surface area (Å²) in [7, 11) is 0. The van der Waals surface area contributed by atoms with Gasteiger partial charge in [0.15, 0.2) is 0 Å². The molecule has 0 radical (unpaired) electrons. The monoisotopic (exact) mass is 1010 g/mol. The minimum atomic E-state index is -0.177. The van der Waals surface area contributed by atoms with Gasteiger partial charge >= 0.3 is 11.9 Å². The van der Waals surface area contributed by atoms with E-state index in [1.807, 2.05) is 62.4 Å². The zero-order valence-corrected chi connectivity index (χ0v) is 45.4. The molecule has 0 aliphatic heterocycles. The van der Waals surface area contributed by atoms with Crippen LogP contribution in [0.25, 0.3) is 22.3 Å². The predicted octanol–water partition coefficient (Wildman–Crippen LogP) is 17.5. The minimum Gasteiger partial charge on any atom is -0.427 e. The fourth-order valence-corrected chi connectivity index (χ4v) is 12.8. The molecule has 0 heterocycles. The van der Waals surface area contributed by atoms with Gasteiger partial charge in [-0.05, 0) is 196 Å². The van der Waals surface area contributed by atoms with Crippen LogP contribution >= 0.6 is 0 Å². The zero-order chi connectivity index (χ0) is 51.3. The number of benzene rings is 4. The Kier molecular flexibility index (Phi) is 22.3. The lowest BCUT2D eigenvalue weighted by Gasteiger charge is -2.32. The minimum absolute atomic E-state index is 0.177. The molecule has 0 atom stereocenters. The Morgan fingerprint density at radius 3 is 1.04 bits per heavy atom. The van der Waals surface area contributed by atoms with E-state index in [-0.39, 0.29) is 11.9 Å². The van der Waals surface area contributed by atoms with Gasteiger partial charge in [0.1, 0.15) is 17.3 Å². The fraction of sp³-hybridized carbons (Fsp3) is 0.597. The van der Waals surface area contributed by atoms with E-state index in [0.29, 0.717) is 66.0 Å². The molecule has 4 fully saturated rings. The normalized spacial score (nSPS) is 24.2. The number of esters is 2. The highest BCUT2D eigenvalue weighted by molar-refractivity contribution is 5.78. The third kappa shape index (κ3) is 17.8. The van der Waals surface area contributed by atoms with E-state index >= 15 is 0 Å². The molecule has 4 aromatic carbocycles. The van der Waals surface area contributed by atoms with Gasteiger partial charge in [0.05, 0.1) is 12.2 Å². The van der Waals surface area contributed by atoms with Gasteiger partial charge in [-0.2, -0.15) is 0 Å². The maximum atomic E-state index is 12.8. The summed E-state index contributed by atoms with van der Waals surface area (Å²) < 4.78 is 23.9. The number of Topliss-reactive ketones (excluding diaryl/α,β-unsaturated/α-hetero) is 1. The Balaban J connectivity index is 0.594. The highest BCUT2D eigenvalue weighted by Crippen LogP contribution is 2.39. The third-order valence-corrected chi connectivity index (χ3v) is 17.6. The Morgan fingerprint density at radius 2 is 0.703 bits per heavy atom. The maximum absolute atomic E-state index is 12.8. The Labute approximate surface area is 445 Å². The summed E-state index contributed by atoms with van der Waals surface area (Å²) >= 11 is 0. The van der Waals surface area contributed by atoms with Crippen molar-refractivity contribution >= 4 is 17.7 Å². The van der Waals surface area contributed by atoms with Gasteiger partial charge in [-0.15, -0.1) is 0 Å². The highest BCUT2D eigenvalue weighted by atomic mass is 16.5. The number of ketones is 1. The number of carbonyl (C=O) groups is 3. The number of unbranched alkanes of at least 4 members (excludes halogenated alkanes) is 2.